The number of carboxylic acids is 1. The fourth-order valence-electron chi connectivity index (χ4n) is 1.76. The lowest BCUT2D eigenvalue weighted by Gasteiger charge is -2.13. The highest BCUT2D eigenvalue weighted by Crippen LogP contribution is 2.19. The normalized spacial score (nSPS) is 11.7. The summed E-state index contributed by atoms with van der Waals surface area (Å²) in [5.74, 6) is -0.726. The average molecular weight is 368 g/mol. The van der Waals surface area contributed by atoms with Crippen LogP contribution < -0.4 is 5.32 Å². The predicted octanol–water partition coefficient (Wildman–Crippen LogP) is 2.96. The van der Waals surface area contributed by atoms with Gasteiger partial charge in [0.2, 0.25) is 0 Å². The average Bonchev–Trinajstić information content (AvgIpc) is 2.91. The van der Waals surface area contributed by atoms with Crippen LogP contribution >= 0.6 is 15.9 Å². The molecule has 0 aliphatic heterocycles. The van der Waals surface area contributed by atoms with E-state index in [0.717, 1.165) is 5.56 Å². The van der Waals surface area contributed by atoms with Crippen LogP contribution in [0.5, 0.6) is 0 Å². The minimum Gasteiger partial charge on any atom is -0.480 e. The van der Waals surface area contributed by atoms with Crippen molar-refractivity contribution in [2.24, 2.45) is 0 Å². The number of nitrogens with one attached hydrogen (secondary N) is 1. The molecule has 116 valence electrons. The van der Waals surface area contributed by atoms with Crippen molar-refractivity contribution in [2.75, 3.05) is 0 Å². The summed E-state index contributed by atoms with van der Waals surface area (Å²) in [7, 11) is 0. The second-order valence-corrected chi connectivity index (χ2v) is 5.35. The lowest BCUT2D eigenvalue weighted by atomic mass is 10.2. The molecule has 0 spiro atoms. The molecular weight excluding hydrogens is 354 g/mol. The van der Waals surface area contributed by atoms with E-state index in [1.807, 2.05) is 30.3 Å². The largest absolute Gasteiger partial charge is 0.480 e. The zero-order valence-corrected chi connectivity index (χ0v) is 13.1. The lowest BCUT2D eigenvalue weighted by molar-refractivity contribution is -0.139. The molecule has 2 aromatic rings. The van der Waals surface area contributed by atoms with Gasteiger partial charge in [-0.05, 0) is 27.6 Å². The van der Waals surface area contributed by atoms with Gasteiger partial charge in [-0.3, -0.25) is 0 Å². The topological polar surface area (TPSA) is 88.8 Å². The summed E-state index contributed by atoms with van der Waals surface area (Å²) in [6.45, 7) is 0.0729. The Morgan fingerprint density at radius 3 is 2.59 bits per heavy atom. The number of alkyl carbamates (subject to hydrolysis) is 1. The van der Waals surface area contributed by atoms with Gasteiger partial charge in [0.15, 0.2) is 0 Å². The molecule has 1 amide bonds. The van der Waals surface area contributed by atoms with Crippen LogP contribution in [0.4, 0.5) is 4.79 Å². The van der Waals surface area contributed by atoms with E-state index >= 15 is 0 Å². The SMILES string of the molecule is O=C(NC(Cc1occc1Br)C(=O)O)OCc1ccccc1. The molecule has 2 rings (SSSR count). The Morgan fingerprint density at radius 2 is 2.00 bits per heavy atom. The van der Waals surface area contributed by atoms with E-state index in [2.05, 4.69) is 21.2 Å². The number of carbonyl (C=O) groups excluding carboxylic acids is 1. The molecule has 1 unspecified atom stereocenters. The van der Waals surface area contributed by atoms with Gasteiger partial charge >= 0.3 is 12.1 Å². The molecular formula is C15H14BrNO5. The van der Waals surface area contributed by atoms with Gasteiger partial charge in [0, 0.05) is 6.42 Å². The third kappa shape index (κ3) is 4.63. The highest BCUT2D eigenvalue weighted by atomic mass is 79.9. The van der Waals surface area contributed by atoms with E-state index in [-0.39, 0.29) is 13.0 Å². The summed E-state index contributed by atoms with van der Waals surface area (Å²) in [4.78, 5) is 22.9. The van der Waals surface area contributed by atoms with Gasteiger partial charge in [-0.25, -0.2) is 9.59 Å². The van der Waals surface area contributed by atoms with Crippen LogP contribution in [0.1, 0.15) is 11.3 Å². The Bertz CT molecular complexity index is 640. The summed E-state index contributed by atoms with van der Waals surface area (Å²) in [5, 5.41) is 11.5. The van der Waals surface area contributed by atoms with E-state index in [0.29, 0.717) is 10.2 Å². The summed E-state index contributed by atoms with van der Waals surface area (Å²) in [5.41, 5.74) is 0.818. The first-order chi connectivity index (χ1) is 10.6. The number of rotatable bonds is 6. The van der Waals surface area contributed by atoms with Gasteiger partial charge in [0.25, 0.3) is 0 Å². The predicted molar refractivity (Wildman–Crippen MR) is 81.3 cm³/mol. The highest BCUT2D eigenvalue weighted by molar-refractivity contribution is 9.10. The molecule has 0 radical (unpaired) electrons. The van der Waals surface area contributed by atoms with Gasteiger partial charge < -0.3 is 19.6 Å². The van der Waals surface area contributed by atoms with Crippen molar-refractivity contribution >= 4 is 28.0 Å². The van der Waals surface area contributed by atoms with Crippen molar-refractivity contribution in [3.05, 3.63) is 58.5 Å². The summed E-state index contributed by atoms with van der Waals surface area (Å²) in [6.07, 6.45) is 0.661. The van der Waals surface area contributed by atoms with Gasteiger partial charge in [-0.2, -0.15) is 0 Å². The Labute approximate surface area is 135 Å². The first-order valence-corrected chi connectivity index (χ1v) is 7.27. The molecule has 0 aliphatic rings. The molecule has 0 bridgehead atoms. The molecule has 2 N–H and O–H groups in total. The van der Waals surface area contributed by atoms with Crippen LogP contribution in [-0.4, -0.2) is 23.2 Å². The van der Waals surface area contributed by atoms with E-state index in [9.17, 15) is 9.59 Å². The third-order valence-corrected chi connectivity index (χ3v) is 3.59. The molecule has 1 aromatic carbocycles. The van der Waals surface area contributed by atoms with Crippen LogP contribution in [0, 0.1) is 0 Å². The fourth-order valence-corrected chi connectivity index (χ4v) is 2.13. The number of hydrogen-bond acceptors (Lipinski definition) is 4. The molecule has 1 aromatic heterocycles. The molecule has 7 heteroatoms. The van der Waals surface area contributed by atoms with Crippen molar-refractivity contribution < 1.29 is 23.8 Å². The molecule has 1 atom stereocenters. The van der Waals surface area contributed by atoms with Crippen LogP contribution in [0.2, 0.25) is 0 Å². The number of carboxylic acid groups (broad SMARTS) is 1. The van der Waals surface area contributed by atoms with Gasteiger partial charge in [0.1, 0.15) is 18.4 Å². The second kappa shape index (κ2) is 7.65. The minimum atomic E-state index is -1.17. The van der Waals surface area contributed by atoms with Crippen molar-refractivity contribution in [3.8, 4) is 0 Å². The van der Waals surface area contributed by atoms with Crippen molar-refractivity contribution in [3.63, 3.8) is 0 Å². The first-order valence-electron chi connectivity index (χ1n) is 6.48. The Kier molecular flexibility index (Phi) is 5.60. The molecule has 0 saturated heterocycles. The van der Waals surface area contributed by atoms with Crippen molar-refractivity contribution in [1.29, 1.82) is 0 Å². The maximum absolute atomic E-state index is 11.7. The maximum atomic E-state index is 11.7. The zero-order chi connectivity index (χ0) is 15.9. The summed E-state index contributed by atoms with van der Waals surface area (Å²) >= 11 is 3.24. The number of halogens is 1. The maximum Gasteiger partial charge on any atom is 0.408 e. The Morgan fingerprint density at radius 1 is 1.27 bits per heavy atom. The third-order valence-electron chi connectivity index (χ3n) is 2.88. The monoisotopic (exact) mass is 367 g/mol. The van der Waals surface area contributed by atoms with Crippen molar-refractivity contribution in [2.45, 2.75) is 19.1 Å². The molecule has 6 nitrogen and oxygen atoms in total. The quantitative estimate of drug-likeness (QED) is 0.819. The zero-order valence-electron chi connectivity index (χ0n) is 11.5. The lowest BCUT2D eigenvalue weighted by Crippen LogP contribution is -2.42. The van der Waals surface area contributed by atoms with E-state index < -0.39 is 18.1 Å². The molecule has 1 heterocycles. The summed E-state index contributed by atoms with van der Waals surface area (Å²) in [6, 6.07) is 9.64. The van der Waals surface area contributed by atoms with Crippen LogP contribution in [0.15, 0.2) is 51.6 Å². The van der Waals surface area contributed by atoms with E-state index in [4.69, 9.17) is 14.3 Å². The standard InChI is InChI=1S/C15H14BrNO5/c16-11-6-7-21-13(11)8-12(14(18)19)17-15(20)22-9-10-4-2-1-3-5-10/h1-7,12H,8-9H2,(H,17,20)(H,18,19). The number of carbonyl (C=O) groups is 2. The number of ether oxygens (including phenoxy) is 1. The highest BCUT2D eigenvalue weighted by Gasteiger charge is 2.23. The van der Waals surface area contributed by atoms with Crippen LogP contribution in [0.3, 0.4) is 0 Å². The van der Waals surface area contributed by atoms with Gasteiger partial charge in [0.05, 0.1) is 10.7 Å². The number of amides is 1. The number of furan rings is 1. The number of aliphatic carboxylic acids is 1. The molecule has 0 aliphatic carbocycles. The molecule has 0 fully saturated rings. The number of benzene rings is 1. The Hall–Kier alpha value is -2.28. The van der Waals surface area contributed by atoms with Crippen molar-refractivity contribution in [1.82, 2.24) is 5.32 Å². The molecule has 22 heavy (non-hydrogen) atoms. The summed E-state index contributed by atoms with van der Waals surface area (Å²) < 4.78 is 10.8. The van der Waals surface area contributed by atoms with Gasteiger partial charge in [-0.1, -0.05) is 30.3 Å². The fraction of sp³-hybridized carbons (Fsp3) is 0.200. The first kappa shape index (κ1) is 16.1. The smallest absolute Gasteiger partial charge is 0.408 e. The van der Waals surface area contributed by atoms with E-state index in [1.165, 1.54) is 6.26 Å². The van der Waals surface area contributed by atoms with Crippen LogP contribution in [-0.2, 0) is 22.6 Å². The van der Waals surface area contributed by atoms with Crippen LogP contribution in [0.25, 0.3) is 0 Å². The Balaban J connectivity index is 1.89. The van der Waals surface area contributed by atoms with Gasteiger partial charge in [-0.15, -0.1) is 0 Å². The molecule has 0 saturated carbocycles. The second-order valence-electron chi connectivity index (χ2n) is 4.49. The minimum absolute atomic E-state index is 0.0172. The number of hydrogen-bond donors (Lipinski definition) is 2. The van der Waals surface area contributed by atoms with E-state index in [1.54, 1.807) is 6.07 Å².